The number of phenolic OH excluding ortho intramolecular Hbond substituents is 1. The van der Waals surface area contributed by atoms with Crippen LogP contribution in [0.25, 0.3) is 0 Å². The summed E-state index contributed by atoms with van der Waals surface area (Å²) in [6.45, 7) is 14.9. The number of hydrogen-bond donors (Lipinski definition) is 1. The molecule has 0 aliphatic heterocycles. The van der Waals surface area contributed by atoms with Crippen LogP contribution < -0.4 is 0 Å². The summed E-state index contributed by atoms with van der Waals surface area (Å²) in [7, 11) is 0. The molecule has 1 rings (SSSR count). The second-order valence-corrected chi connectivity index (χ2v) is 6.71. The van der Waals surface area contributed by atoms with Crippen LogP contribution in [0, 0.1) is 44.2 Å². The van der Waals surface area contributed by atoms with Crippen LogP contribution in [0.3, 0.4) is 0 Å². The van der Waals surface area contributed by atoms with Crippen molar-refractivity contribution in [1.29, 1.82) is 0 Å². The van der Waals surface area contributed by atoms with Gasteiger partial charge >= 0.3 is 0 Å². The smallest absolute Gasteiger partial charge is 0.123 e. The van der Waals surface area contributed by atoms with E-state index in [1.807, 2.05) is 0 Å². The summed E-state index contributed by atoms with van der Waals surface area (Å²) in [6, 6.07) is 4.18. The molecule has 0 saturated heterocycles. The maximum Gasteiger partial charge on any atom is 0.123 e. The van der Waals surface area contributed by atoms with Crippen molar-refractivity contribution in [1.82, 2.24) is 0 Å². The third kappa shape index (κ3) is 4.14. The number of hydrogen-bond acceptors (Lipinski definition) is 1. The fourth-order valence-electron chi connectivity index (χ4n) is 1.92. The van der Waals surface area contributed by atoms with E-state index in [9.17, 15) is 5.11 Å². The van der Waals surface area contributed by atoms with Gasteiger partial charge in [-0.15, -0.1) is 0 Å². The Kier molecular flexibility index (Phi) is 5.58. The van der Waals surface area contributed by atoms with Gasteiger partial charge in [0.05, 0.1) is 0 Å². The van der Waals surface area contributed by atoms with E-state index in [2.05, 4.69) is 60.6 Å². The molecule has 1 aromatic carbocycles. The molecule has 17 heavy (non-hydrogen) atoms. The molecule has 0 bridgehead atoms. The summed E-state index contributed by atoms with van der Waals surface area (Å²) >= 11 is 0. The number of rotatable bonds is 0. The first kappa shape index (κ1) is 17.3. The third-order valence-corrected chi connectivity index (χ3v) is 2.87. The van der Waals surface area contributed by atoms with Gasteiger partial charge in [0.2, 0.25) is 0 Å². The average molecular weight is 388 g/mol. The van der Waals surface area contributed by atoms with Crippen LogP contribution in [0.5, 0.6) is 5.75 Å². The Morgan fingerprint density at radius 1 is 0.824 bits per heavy atom. The van der Waals surface area contributed by atoms with Crippen molar-refractivity contribution < 1.29 is 42.4 Å². The van der Waals surface area contributed by atoms with Crippen molar-refractivity contribution in [2.45, 2.75) is 59.3 Å². The molecule has 0 aliphatic rings. The molecule has 0 radical (unpaired) electrons. The van der Waals surface area contributed by atoms with E-state index in [-0.39, 0.29) is 48.1 Å². The molecule has 102 valence electrons. The van der Waals surface area contributed by atoms with Crippen molar-refractivity contribution in [2.75, 3.05) is 0 Å². The summed E-state index contributed by atoms with van der Waals surface area (Å²) in [5.74, 6) is 0.464. The molecule has 0 saturated carbocycles. The van der Waals surface area contributed by atoms with Crippen molar-refractivity contribution >= 4 is 0 Å². The Labute approximate surface area is 135 Å². The van der Waals surface area contributed by atoms with Crippen LogP contribution in [-0.4, -0.2) is 5.11 Å². The summed E-state index contributed by atoms with van der Waals surface area (Å²) in [6.07, 6.45) is 0. The second kappa shape index (κ2) is 5.50. The third-order valence-electron chi connectivity index (χ3n) is 2.87. The van der Waals surface area contributed by atoms with E-state index in [0.29, 0.717) is 5.75 Å². The van der Waals surface area contributed by atoms with Crippen LogP contribution in [0.2, 0.25) is 0 Å². The van der Waals surface area contributed by atoms with E-state index in [4.69, 9.17) is 0 Å². The van der Waals surface area contributed by atoms with Gasteiger partial charge in [0.25, 0.3) is 0 Å². The molecule has 0 spiro atoms. The Hall–Kier alpha value is 0.267. The maximum atomic E-state index is 10.4. The zero-order valence-corrected chi connectivity index (χ0v) is 13.7. The second-order valence-electron chi connectivity index (χ2n) is 6.71. The molecule has 1 nitrogen and oxygen atoms in total. The molecular formula is C15H24ErO. The standard InChI is InChI=1S/C15H24O.Er/c1-10-8-11(14(2,3)4)13(16)12(9-10)15(5,6)7;/h8-9,16H,1-7H3;. The van der Waals surface area contributed by atoms with Gasteiger partial charge in [0.15, 0.2) is 0 Å². The molecule has 0 aromatic heterocycles. The van der Waals surface area contributed by atoms with Gasteiger partial charge < -0.3 is 5.11 Å². The van der Waals surface area contributed by atoms with E-state index in [1.54, 1.807) is 0 Å². The molecule has 0 unspecified atom stereocenters. The SMILES string of the molecule is Cc1cc(C(C)(C)C)c(O)c(C(C)(C)C)c1.[Er]. The van der Waals surface area contributed by atoms with E-state index in [0.717, 1.165) is 11.1 Å². The van der Waals surface area contributed by atoms with Crippen molar-refractivity contribution in [3.8, 4) is 5.75 Å². The van der Waals surface area contributed by atoms with Crippen LogP contribution in [-0.2, 0) is 10.8 Å². The summed E-state index contributed by atoms with van der Waals surface area (Å²) in [5, 5.41) is 10.4. The van der Waals surface area contributed by atoms with Gasteiger partial charge in [-0.1, -0.05) is 59.2 Å². The normalized spacial score (nSPS) is 12.2. The zero-order valence-electron chi connectivity index (χ0n) is 11.9. The van der Waals surface area contributed by atoms with Crippen LogP contribution in [0.4, 0.5) is 0 Å². The van der Waals surface area contributed by atoms with Gasteiger partial charge in [0.1, 0.15) is 5.75 Å². The zero-order chi connectivity index (χ0) is 12.7. The van der Waals surface area contributed by atoms with Gasteiger partial charge in [-0.25, -0.2) is 0 Å². The maximum absolute atomic E-state index is 10.4. The fraction of sp³-hybridized carbons (Fsp3) is 0.600. The van der Waals surface area contributed by atoms with Gasteiger partial charge in [-0.05, 0) is 28.9 Å². The molecule has 1 N–H and O–H groups in total. The molecule has 0 heterocycles. The first-order chi connectivity index (χ1) is 7.03. The van der Waals surface area contributed by atoms with E-state index in [1.165, 1.54) is 5.56 Å². The minimum absolute atomic E-state index is 0. The number of phenols is 1. The van der Waals surface area contributed by atoms with Gasteiger partial charge in [0, 0.05) is 37.3 Å². The van der Waals surface area contributed by atoms with Gasteiger partial charge in [-0.3, -0.25) is 0 Å². The van der Waals surface area contributed by atoms with E-state index >= 15 is 0 Å². The van der Waals surface area contributed by atoms with Crippen molar-refractivity contribution in [2.24, 2.45) is 0 Å². The predicted octanol–water partition coefficient (Wildman–Crippen LogP) is 4.30. The Morgan fingerprint density at radius 3 is 1.35 bits per heavy atom. The predicted molar refractivity (Wildman–Crippen MR) is 70.2 cm³/mol. The Balaban J connectivity index is 0.00000256. The molecular weight excluding hydrogens is 363 g/mol. The van der Waals surface area contributed by atoms with Gasteiger partial charge in [-0.2, -0.15) is 0 Å². The number of benzene rings is 1. The minimum atomic E-state index is -0.0178. The fourth-order valence-corrected chi connectivity index (χ4v) is 1.92. The van der Waals surface area contributed by atoms with Crippen LogP contribution >= 0.6 is 0 Å². The van der Waals surface area contributed by atoms with Crippen LogP contribution in [0.1, 0.15) is 58.2 Å². The topological polar surface area (TPSA) is 20.2 Å². The first-order valence-electron chi connectivity index (χ1n) is 5.88. The molecule has 0 atom stereocenters. The first-order valence-corrected chi connectivity index (χ1v) is 5.88. The monoisotopic (exact) mass is 386 g/mol. The number of aromatic hydroxyl groups is 1. The molecule has 2 heteroatoms. The molecule has 0 aliphatic carbocycles. The average Bonchev–Trinajstić information content (AvgIpc) is 2.04. The summed E-state index contributed by atoms with van der Waals surface area (Å²) < 4.78 is 0. The van der Waals surface area contributed by atoms with E-state index < -0.39 is 0 Å². The van der Waals surface area contributed by atoms with Crippen molar-refractivity contribution in [3.63, 3.8) is 0 Å². The quantitative estimate of drug-likeness (QED) is 0.704. The van der Waals surface area contributed by atoms with Crippen molar-refractivity contribution in [3.05, 3.63) is 28.8 Å². The van der Waals surface area contributed by atoms with Crippen LogP contribution in [0.15, 0.2) is 12.1 Å². The molecule has 0 fully saturated rings. The Morgan fingerprint density at radius 2 is 1.12 bits per heavy atom. The summed E-state index contributed by atoms with van der Waals surface area (Å²) in [5.41, 5.74) is 3.26. The molecule has 0 amide bonds. The Bertz CT molecular complexity index is 359. The summed E-state index contributed by atoms with van der Waals surface area (Å²) in [4.78, 5) is 0. The minimum Gasteiger partial charge on any atom is -0.507 e. The number of aryl methyl sites for hydroxylation is 1. The largest absolute Gasteiger partial charge is 0.507 e. The molecule has 1 aromatic rings.